The number of rotatable bonds is 9. The number of hydrogen-bond donors (Lipinski definition) is 2. The van der Waals surface area contributed by atoms with E-state index in [1.54, 1.807) is 31.4 Å². The molecule has 0 bridgehead atoms. The molecule has 1 aliphatic rings. The van der Waals surface area contributed by atoms with Gasteiger partial charge in [0.15, 0.2) is 6.04 Å². The Morgan fingerprint density at radius 3 is 2.52 bits per heavy atom. The third kappa shape index (κ3) is 5.32. The number of hydrogen-bond acceptors (Lipinski definition) is 6. The molecule has 152 valence electrons. The summed E-state index contributed by atoms with van der Waals surface area (Å²) < 4.78 is 10.4. The molecule has 0 radical (unpaired) electrons. The second-order valence-electron chi connectivity index (χ2n) is 6.45. The van der Waals surface area contributed by atoms with Crippen molar-refractivity contribution in [1.29, 1.82) is 0 Å². The molecule has 1 heterocycles. The number of carbonyl (C=O) groups excluding carboxylic acids is 1. The van der Waals surface area contributed by atoms with Crippen molar-refractivity contribution in [3.05, 3.63) is 60.2 Å². The molecule has 1 aliphatic heterocycles. The second-order valence-corrected chi connectivity index (χ2v) is 6.45. The zero-order chi connectivity index (χ0) is 20.6. The third-order valence-corrected chi connectivity index (χ3v) is 4.41. The Bertz CT molecular complexity index is 868. The molecule has 1 unspecified atom stereocenters. The molecule has 29 heavy (non-hydrogen) atoms. The van der Waals surface area contributed by atoms with Gasteiger partial charge < -0.3 is 19.9 Å². The first-order valence-corrected chi connectivity index (χ1v) is 9.22. The average molecular weight is 397 g/mol. The van der Waals surface area contributed by atoms with Gasteiger partial charge in [0.05, 0.1) is 12.3 Å². The summed E-state index contributed by atoms with van der Waals surface area (Å²) in [5, 5.41) is 17.9. The number of nitrogens with one attached hydrogen (secondary N) is 1. The average Bonchev–Trinajstić information content (AvgIpc) is 3.20. The lowest BCUT2D eigenvalue weighted by atomic mass is 10.1. The molecule has 2 aromatic rings. The van der Waals surface area contributed by atoms with Gasteiger partial charge in [0, 0.05) is 20.1 Å². The highest BCUT2D eigenvalue weighted by atomic mass is 16.5. The van der Waals surface area contributed by atoms with Gasteiger partial charge in [0.2, 0.25) is 0 Å². The number of aliphatic carboxylic acids is 1. The largest absolute Gasteiger partial charge is 0.491 e. The predicted molar refractivity (Wildman–Crippen MR) is 108 cm³/mol. The minimum absolute atomic E-state index is 0.0440. The molecule has 2 aromatic carbocycles. The van der Waals surface area contributed by atoms with Crippen LogP contribution in [-0.2, 0) is 20.9 Å². The molecule has 8 heteroatoms. The van der Waals surface area contributed by atoms with E-state index in [-0.39, 0.29) is 18.0 Å². The van der Waals surface area contributed by atoms with Crippen molar-refractivity contribution < 1.29 is 24.2 Å². The number of ether oxygens (including phenoxy) is 2. The summed E-state index contributed by atoms with van der Waals surface area (Å²) in [6.45, 7) is 1.28. The van der Waals surface area contributed by atoms with Gasteiger partial charge in [0.25, 0.3) is 5.91 Å². The van der Waals surface area contributed by atoms with Gasteiger partial charge in [0.1, 0.15) is 18.1 Å². The van der Waals surface area contributed by atoms with Gasteiger partial charge in [-0.05, 0) is 29.8 Å². The van der Waals surface area contributed by atoms with E-state index in [0.29, 0.717) is 25.4 Å². The summed E-state index contributed by atoms with van der Waals surface area (Å²) in [5.41, 5.74) is 1.72. The first-order chi connectivity index (χ1) is 14.1. The lowest BCUT2D eigenvalue weighted by Crippen LogP contribution is -2.35. The number of benzene rings is 2. The zero-order valence-electron chi connectivity index (χ0n) is 16.1. The fourth-order valence-corrected chi connectivity index (χ4v) is 2.89. The number of hydrazone groups is 1. The van der Waals surface area contributed by atoms with E-state index >= 15 is 0 Å². The molecule has 1 atom stereocenters. The smallest absolute Gasteiger partial charge is 0.328 e. The molecule has 3 rings (SSSR count). The van der Waals surface area contributed by atoms with Crippen molar-refractivity contribution in [1.82, 2.24) is 5.32 Å². The summed E-state index contributed by atoms with van der Waals surface area (Å²) in [6.07, 6.45) is 0.0440. The van der Waals surface area contributed by atoms with Crippen LogP contribution in [0.25, 0.3) is 0 Å². The van der Waals surface area contributed by atoms with Crippen molar-refractivity contribution in [2.75, 3.05) is 25.3 Å². The SMILES string of the molecule is COCCOc1ccc(CNC(=O)C2=NN(c3ccccc3)C(C(=O)O)C2)cc1. The Morgan fingerprint density at radius 1 is 1.14 bits per heavy atom. The maximum absolute atomic E-state index is 12.5. The van der Waals surface area contributed by atoms with Crippen molar-refractivity contribution in [3.63, 3.8) is 0 Å². The highest BCUT2D eigenvalue weighted by molar-refractivity contribution is 6.40. The Hall–Kier alpha value is -3.39. The standard InChI is InChI=1S/C21H23N3O5/c1-28-11-12-29-17-9-7-15(8-10-17)14-22-20(25)18-13-19(21(26)27)24(23-18)16-5-3-2-4-6-16/h2-10,19H,11-14H2,1H3,(H,22,25)(H,26,27). The molecular formula is C21H23N3O5. The Balaban J connectivity index is 1.59. The maximum Gasteiger partial charge on any atom is 0.328 e. The summed E-state index contributed by atoms with van der Waals surface area (Å²) in [7, 11) is 1.61. The van der Waals surface area contributed by atoms with Crippen LogP contribution in [0, 0.1) is 0 Å². The van der Waals surface area contributed by atoms with Crippen LogP contribution < -0.4 is 15.1 Å². The minimum atomic E-state index is -1.02. The zero-order valence-corrected chi connectivity index (χ0v) is 16.1. The normalized spacial score (nSPS) is 15.7. The van der Waals surface area contributed by atoms with Gasteiger partial charge >= 0.3 is 5.97 Å². The number of amides is 1. The third-order valence-electron chi connectivity index (χ3n) is 4.41. The van der Waals surface area contributed by atoms with E-state index in [4.69, 9.17) is 9.47 Å². The highest BCUT2D eigenvalue weighted by Crippen LogP contribution is 2.24. The van der Waals surface area contributed by atoms with Gasteiger partial charge in [-0.3, -0.25) is 9.80 Å². The van der Waals surface area contributed by atoms with Crippen molar-refractivity contribution >= 4 is 23.3 Å². The predicted octanol–water partition coefficient (Wildman–Crippen LogP) is 2.05. The summed E-state index contributed by atoms with van der Waals surface area (Å²) in [4.78, 5) is 24.1. The van der Waals surface area contributed by atoms with Crippen LogP contribution in [0.2, 0.25) is 0 Å². The molecule has 8 nitrogen and oxygen atoms in total. The van der Waals surface area contributed by atoms with Crippen LogP contribution in [-0.4, -0.2) is 49.1 Å². The summed E-state index contributed by atoms with van der Waals surface area (Å²) in [6, 6.07) is 15.4. The molecule has 0 spiro atoms. The second kappa shape index (κ2) is 9.70. The van der Waals surface area contributed by atoms with E-state index in [1.165, 1.54) is 5.01 Å². The van der Waals surface area contributed by atoms with Crippen molar-refractivity contribution in [3.8, 4) is 5.75 Å². The molecule has 0 saturated carbocycles. The number of anilines is 1. The molecular weight excluding hydrogens is 374 g/mol. The number of carboxylic acids is 1. The fourth-order valence-electron chi connectivity index (χ4n) is 2.89. The minimum Gasteiger partial charge on any atom is -0.491 e. The molecule has 1 amide bonds. The number of nitrogens with zero attached hydrogens (tertiary/aromatic N) is 2. The number of methoxy groups -OCH3 is 1. The topological polar surface area (TPSA) is 100 Å². The quantitative estimate of drug-likeness (QED) is 0.628. The van der Waals surface area contributed by atoms with Crippen molar-refractivity contribution in [2.24, 2.45) is 5.10 Å². The lowest BCUT2D eigenvalue weighted by molar-refractivity contribution is -0.138. The van der Waals surface area contributed by atoms with Crippen LogP contribution >= 0.6 is 0 Å². The Labute approximate surface area is 168 Å². The van der Waals surface area contributed by atoms with Crippen LogP contribution in [0.15, 0.2) is 59.7 Å². The molecule has 0 aromatic heterocycles. The van der Waals surface area contributed by atoms with Crippen LogP contribution in [0.3, 0.4) is 0 Å². The van der Waals surface area contributed by atoms with E-state index in [9.17, 15) is 14.7 Å². The van der Waals surface area contributed by atoms with Crippen LogP contribution in [0.4, 0.5) is 5.69 Å². The molecule has 2 N–H and O–H groups in total. The van der Waals surface area contributed by atoms with Gasteiger partial charge in [-0.15, -0.1) is 0 Å². The van der Waals surface area contributed by atoms with Gasteiger partial charge in [-0.2, -0.15) is 5.10 Å². The lowest BCUT2D eigenvalue weighted by Gasteiger charge is -2.19. The number of carbonyl (C=O) groups is 2. The highest BCUT2D eigenvalue weighted by Gasteiger charge is 2.36. The van der Waals surface area contributed by atoms with Crippen molar-refractivity contribution in [2.45, 2.75) is 19.0 Å². The molecule has 0 aliphatic carbocycles. The Morgan fingerprint density at radius 2 is 1.86 bits per heavy atom. The van der Waals surface area contributed by atoms with Crippen LogP contribution in [0.1, 0.15) is 12.0 Å². The molecule has 0 fully saturated rings. The Kier molecular flexibility index (Phi) is 6.80. The molecule has 0 saturated heterocycles. The summed E-state index contributed by atoms with van der Waals surface area (Å²) in [5.74, 6) is -0.681. The first-order valence-electron chi connectivity index (χ1n) is 9.22. The first kappa shape index (κ1) is 20.3. The number of carboxylic acid groups (broad SMARTS) is 1. The van der Waals surface area contributed by atoms with E-state index in [1.807, 2.05) is 30.3 Å². The van der Waals surface area contributed by atoms with Gasteiger partial charge in [-0.25, -0.2) is 4.79 Å². The van der Waals surface area contributed by atoms with Gasteiger partial charge in [-0.1, -0.05) is 30.3 Å². The monoisotopic (exact) mass is 397 g/mol. The maximum atomic E-state index is 12.5. The van der Waals surface area contributed by atoms with E-state index in [0.717, 1.165) is 11.3 Å². The van der Waals surface area contributed by atoms with Crippen LogP contribution in [0.5, 0.6) is 5.75 Å². The fraction of sp³-hybridized carbons (Fsp3) is 0.286. The number of para-hydroxylation sites is 1. The van der Waals surface area contributed by atoms with E-state index < -0.39 is 12.0 Å². The van der Waals surface area contributed by atoms with E-state index in [2.05, 4.69) is 10.4 Å². The summed E-state index contributed by atoms with van der Waals surface area (Å²) >= 11 is 0.